The Hall–Kier alpha value is -2.13. The van der Waals surface area contributed by atoms with E-state index in [4.69, 9.17) is 25.5 Å². The van der Waals surface area contributed by atoms with E-state index in [9.17, 15) is 0 Å². The highest BCUT2D eigenvalue weighted by molar-refractivity contribution is 5.77. The van der Waals surface area contributed by atoms with Gasteiger partial charge >= 0.3 is 0 Å². The van der Waals surface area contributed by atoms with Gasteiger partial charge in [0.25, 0.3) is 0 Å². The van der Waals surface area contributed by atoms with Crippen LogP contribution in [0.3, 0.4) is 0 Å². The summed E-state index contributed by atoms with van der Waals surface area (Å²) in [5.41, 5.74) is 6.48. The molecule has 0 spiro atoms. The predicted octanol–water partition coefficient (Wildman–Crippen LogP) is -0.773. The van der Waals surface area contributed by atoms with Crippen LogP contribution in [0, 0.1) is 5.92 Å². The third-order valence-electron chi connectivity index (χ3n) is 2.76. The lowest BCUT2D eigenvalue weighted by Crippen LogP contribution is -2.24. The van der Waals surface area contributed by atoms with Gasteiger partial charge in [0.15, 0.2) is 5.52 Å². The van der Waals surface area contributed by atoms with Crippen molar-refractivity contribution < 1.29 is 19.8 Å². The minimum Gasteiger partial charge on any atom is -0.476 e. The molecule has 0 aromatic carbocycles. The number of rotatable bonds is 8. The number of anilines is 1. The summed E-state index contributed by atoms with van der Waals surface area (Å²) in [6.07, 6.45) is 2.25. The summed E-state index contributed by atoms with van der Waals surface area (Å²) < 4.78 is 6.81. The Morgan fingerprint density at radius 2 is 2.10 bits per heavy atom. The summed E-state index contributed by atoms with van der Waals surface area (Å²) in [7, 11) is 0. The average molecular weight is 297 g/mol. The second-order valence-electron chi connectivity index (χ2n) is 4.50. The Kier molecular flexibility index (Phi) is 5.12. The van der Waals surface area contributed by atoms with E-state index in [-0.39, 0.29) is 31.7 Å². The molecule has 0 unspecified atom stereocenters. The molecule has 0 bridgehead atoms. The lowest BCUT2D eigenvalue weighted by atomic mass is 10.2. The SMILES string of the molecule is CCCOc1nc(N)nc2c1ncn2OCC(CO)CO. The number of hydrogen-bond donors (Lipinski definition) is 3. The van der Waals surface area contributed by atoms with Crippen LogP contribution in [0.4, 0.5) is 5.95 Å². The predicted molar refractivity (Wildman–Crippen MR) is 74.6 cm³/mol. The van der Waals surface area contributed by atoms with Crippen molar-refractivity contribution in [3.63, 3.8) is 0 Å². The molecule has 0 aliphatic rings. The molecular weight excluding hydrogens is 278 g/mol. The van der Waals surface area contributed by atoms with Crippen LogP contribution in [0.25, 0.3) is 11.2 Å². The van der Waals surface area contributed by atoms with Crippen LogP contribution >= 0.6 is 0 Å². The van der Waals surface area contributed by atoms with Gasteiger partial charge in [-0.05, 0) is 6.42 Å². The summed E-state index contributed by atoms with van der Waals surface area (Å²) >= 11 is 0. The van der Waals surface area contributed by atoms with Gasteiger partial charge in [0.1, 0.15) is 12.9 Å². The molecule has 0 amide bonds. The van der Waals surface area contributed by atoms with Crippen LogP contribution in [0.1, 0.15) is 13.3 Å². The average Bonchev–Trinajstić information content (AvgIpc) is 2.89. The van der Waals surface area contributed by atoms with Crippen LogP contribution in [0.2, 0.25) is 0 Å². The molecule has 9 nitrogen and oxygen atoms in total. The Labute approximate surface area is 121 Å². The fourth-order valence-corrected chi connectivity index (χ4v) is 1.61. The van der Waals surface area contributed by atoms with E-state index in [0.29, 0.717) is 23.7 Å². The normalized spacial score (nSPS) is 11.2. The highest BCUT2D eigenvalue weighted by Crippen LogP contribution is 2.21. The molecular formula is C12H19N5O4. The lowest BCUT2D eigenvalue weighted by Gasteiger charge is -2.12. The van der Waals surface area contributed by atoms with Crippen molar-refractivity contribution in [2.24, 2.45) is 5.92 Å². The van der Waals surface area contributed by atoms with Crippen molar-refractivity contribution in [3.05, 3.63) is 6.33 Å². The van der Waals surface area contributed by atoms with E-state index < -0.39 is 0 Å². The summed E-state index contributed by atoms with van der Waals surface area (Å²) in [5.74, 6) is -0.0140. The molecule has 2 aromatic rings. The number of nitrogens with two attached hydrogens (primary N) is 1. The Bertz CT molecular complexity index is 584. The summed E-state index contributed by atoms with van der Waals surface area (Å²) in [4.78, 5) is 17.7. The molecule has 0 radical (unpaired) electrons. The van der Waals surface area contributed by atoms with Crippen LogP contribution < -0.4 is 15.3 Å². The minimum atomic E-state index is -0.377. The van der Waals surface area contributed by atoms with E-state index in [1.807, 2.05) is 6.92 Å². The van der Waals surface area contributed by atoms with Crippen molar-refractivity contribution in [1.29, 1.82) is 0 Å². The van der Waals surface area contributed by atoms with Gasteiger partial charge in [-0.2, -0.15) is 14.7 Å². The number of hydrogen-bond acceptors (Lipinski definition) is 8. The number of aliphatic hydroxyl groups is 2. The zero-order chi connectivity index (χ0) is 15.2. The first-order valence-corrected chi connectivity index (χ1v) is 6.68. The number of imidazole rings is 1. The van der Waals surface area contributed by atoms with Gasteiger partial charge in [0.05, 0.1) is 19.8 Å². The molecule has 4 N–H and O–H groups in total. The summed E-state index contributed by atoms with van der Waals surface area (Å²) in [6, 6.07) is 0. The fourth-order valence-electron chi connectivity index (χ4n) is 1.61. The lowest BCUT2D eigenvalue weighted by molar-refractivity contribution is 0.0388. The highest BCUT2D eigenvalue weighted by atomic mass is 16.7. The zero-order valence-electron chi connectivity index (χ0n) is 11.8. The van der Waals surface area contributed by atoms with E-state index in [1.54, 1.807) is 0 Å². The molecule has 2 heterocycles. The number of ether oxygens (including phenoxy) is 1. The van der Waals surface area contributed by atoms with Gasteiger partial charge in [-0.3, -0.25) is 0 Å². The molecule has 2 rings (SSSR count). The molecule has 116 valence electrons. The van der Waals surface area contributed by atoms with E-state index >= 15 is 0 Å². The largest absolute Gasteiger partial charge is 0.476 e. The maximum Gasteiger partial charge on any atom is 0.247 e. The van der Waals surface area contributed by atoms with Crippen LogP contribution in [-0.4, -0.2) is 56.3 Å². The molecule has 9 heteroatoms. The Morgan fingerprint density at radius 3 is 2.76 bits per heavy atom. The quantitative estimate of drug-likeness (QED) is 0.579. The minimum absolute atomic E-state index is 0.0554. The first-order chi connectivity index (χ1) is 10.2. The number of nitrogen functional groups attached to an aromatic ring is 1. The van der Waals surface area contributed by atoms with Crippen molar-refractivity contribution in [2.45, 2.75) is 13.3 Å². The van der Waals surface area contributed by atoms with Gasteiger partial charge < -0.3 is 25.5 Å². The van der Waals surface area contributed by atoms with Crippen molar-refractivity contribution in [2.75, 3.05) is 32.2 Å². The maximum atomic E-state index is 9.02. The van der Waals surface area contributed by atoms with E-state index in [2.05, 4.69) is 15.0 Å². The number of fused-ring (bicyclic) bond motifs is 1. The Morgan fingerprint density at radius 1 is 1.33 bits per heavy atom. The molecule has 0 atom stereocenters. The molecule has 0 aliphatic carbocycles. The van der Waals surface area contributed by atoms with Gasteiger partial charge in [0, 0.05) is 5.92 Å². The van der Waals surface area contributed by atoms with Crippen LogP contribution in [-0.2, 0) is 0 Å². The van der Waals surface area contributed by atoms with Gasteiger partial charge in [-0.15, -0.1) is 0 Å². The van der Waals surface area contributed by atoms with Crippen LogP contribution in [0.5, 0.6) is 5.88 Å². The Balaban J connectivity index is 2.24. The molecule has 2 aromatic heterocycles. The highest BCUT2D eigenvalue weighted by Gasteiger charge is 2.15. The second kappa shape index (κ2) is 7.04. The first-order valence-electron chi connectivity index (χ1n) is 6.68. The van der Waals surface area contributed by atoms with Crippen molar-refractivity contribution in [3.8, 4) is 5.88 Å². The van der Waals surface area contributed by atoms with Crippen LogP contribution in [0.15, 0.2) is 6.33 Å². The zero-order valence-corrected chi connectivity index (χ0v) is 11.8. The monoisotopic (exact) mass is 297 g/mol. The van der Waals surface area contributed by atoms with Crippen molar-refractivity contribution in [1.82, 2.24) is 19.7 Å². The van der Waals surface area contributed by atoms with E-state index in [0.717, 1.165) is 6.42 Å². The third kappa shape index (κ3) is 3.50. The molecule has 21 heavy (non-hydrogen) atoms. The summed E-state index contributed by atoms with van der Waals surface area (Å²) in [6.45, 7) is 2.24. The van der Waals surface area contributed by atoms with E-state index in [1.165, 1.54) is 11.1 Å². The molecule has 0 aliphatic heterocycles. The van der Waals surface area contributed by atoms with Gasteiger partial charge in [0.2, 0.25) is 17.5 Å². The first kappa shape index (κ1) is 15.3. The van der Waals surface area contributed by atoms with Gasteiger partial charge in [-0.25, -0.2) is 4.98 Å². The molecule has 0 saturated heterocycles. The maximum absolute atomic E-state index is 9.02. The molecule has 0 fully saturated rings. The second-order valence-corrected chi connectivity index (χ2v) is 4.50. The topological polar surface area (TPSA) is 129 Å². The fraction of sp³-hybridized carbons (Fsp3) is 0.583. The third-order valence-corrected chi connectivity index (χ3v) is 2.76. The summed E-state index contributed by atoms with van der Waals surface area (Å²) in [5, 5.41) is 18.0. The molecule has 0 saturated carbocycles. The van der Waals surface area contributed by atoms with Crippen molar-refractivity contribution >= 4 is 17.1 Å². The standard InChI is InChI=1S/C12H19N5O4/c1-2-3-20-11-9-10(15-12(13)16-11)17(7-14-9)21-6-8(4-18)5-19/h7-8,18-19H,2-6H2,1H3,(H2,13,15,16). The number of nitrogens with zero attached hydrogens (tertiary/aromatic N) is 4. The smallest absolute Gasteiger partial charge is 0.247 e. The van der Waals surface area contributed by atoms with Gasteiger partial charge in [-0.1, -0.05) is 6.92 Å². The number of aromatic nitrogens is 4. The number of aliphatic hydroxyl groups excluding tert-OH is 2.